The zero-order valence-corrected chi connectivity index (χ0v) is 14.6. The molecule has 1 aliphatic carbocycles. The molecular weight excluding hydrogens is 258 g/mol. The summed E-state index contributed by atoms with van der Waals surface area (Å²) in [6, 6.07) is 0.464. The number of allylic oxidation sites excluding steroid dienone is 1. The summed E-state index contributed by atoms with van der Waals surface area (Å²) in [6.45, 7) is 11.5. The minimum Gasteiger partial charge on any atom is -0.497 e. The van der Waals surface area contributed by atoms with Crippen molar-refractivity contribution in [1.82, 2.24) is 5.32 Å². The molecule has 1 unspecified atom stereocenters. The van der Waals surface area contributed by atoms with Gasteiger partial charge < -0.3 is 10.1 Å². The molecule has 2 heteroatoms. The molecule has 2 nitrogen and oxygen atoms in total. The highest BCUT2D eigenvalue weighted by Gasteiger charge is 2.34. The van der Waals surface area contributed by atoms with Crippen LogP contribution in [-0.2, 0) is 4.74 Å². The average Bonchev–Trinajstić information content (AvgIpc) is 2.48. The lowest BCUT2D eigenvalue weighted by Crippen LogP contribution is -2.42. The monoisotopic (exact) mass is 293 g/mol. The fourth-order valence-electron chi connectivity index (χ4n) is 3.91. The van der Waals surface area contributed by atoms with Crippen LogP contribution in [0.1, 0.15) is 72.6 Å². The molecule has 1 heterocycles. The van der Waals surface area contributed by atoms with Crippen molar-refractivity contribution in [2.24, 2.45) is 17.3 Å². The first kappa shape index (κ1) is 16.9. The van der Waals surface area contributed by atoms with Gasteiger partial charge in [0.05, 0.1) is 12.6 Å². The molecule has 0 spiro atoms. The summed E-state index contributed by atoms with van der Waals surface area (Å²) in [5, 5.41) is 3.77. The normalized spacial score (nSPS) is 28.7. The Morgan fingerprint density at radius 2 is 1.95 bits per heavy atom. The Hall–Kier alpha value is -0.500. The first-order chi connectivity index (χ1) is 10.0. The highest BCUT2D eigenvalue weighted by Crippen LogP contribution is 2.41. The summed E-state index contributed by atoms with van der Waals surface area (Å²) in [5.41, 5.74) is 0.470. The minimum absolute atomic E-state index is 0.464. The van der Waals surface area contributed by atoms with E-state index in [1.165, 1.54) is 50.7 Å². The van der Waals surface area contributed by atoms with Crippen LogP contribution in [0, 0.1) is 17.3 Å². The number of hydrogen-bond donors (Lipinski definition) is 1. The maximum Gasteiger partial charge on any atom is 0.109 e. The molecule has 21 heavy (non-hydrogen) atoms. The molecule has 1 saturated carbocycles. The van der Waals surface area contributed by atoms with Crippen LogP contribution in [0.4, 0.5) is 0 Å². The first-order valence-electron chi connectivity index (χ1n) is 9.08. The van der Waals surface area contributed by atoms with Gasteiger partial charge in [-0.1, -0.05) is 27.7 Å². The molecule has 0 saturated heterocycles. The van der Waals surface area contributed by atoms with E-state index in [4.69, 9.17) is 4.74 Å². The van der Waals surface area contributed by atoms with Gasteiger partial charge in [-0.25, -0.2) is 0 Å². The van der Waals surface area contributed by atoms with Crippen LogP contribution < -0.4 is 5.32 Å². The molecule has 122 valence electrons. The molecule has 0 amide bonds. The topological polar surface area (TPSA) is 21.3 Å². The van der Waals surface area contributed by atoms with Gasteiger partial charge in [-0.05, 0) is 74.8 Å². The molecule has 0 bridgehead atoms. The second-order valence-electron chi connectivity index (χ2n) is 8.01. The molecular formula is C19H35NO. The number of ether oxygens (including phenoxy) is 1. The third-order valence-electron chi connectivity index (χ3n) is 5.35. The van der Waals surface area contributed by atoms with Crippen molar-refractivity contribution >= 4 is 0 Å². The van der Waals surface area contributed by atoms with E-state index in [9.17, 15) is 0 Å². The summed E-state index contributed by atoms with van der Waals surface area (Å²) >= 11 is 0. The molecule has 2 rings (SSSR count). The average molecular weight is 293 g/mol. The van der Waals surface area contributed by atoms with Crippen molar-refractivity contribution in [2.45, 2.75) is 78.7 Å². The molecule has 0 aromatic heterocycles. The summed E-state index contributed by atoms with van der Waals surface area (Å²) in [7, 11) is 0. The first-order valence-corrected chi connectivity index (χ1v) is 9.08. The summed E-state index contributed by atoms with van der Waals surface area (Å²) in [4.78, 5) is 0. The molecule has 1 N–H and O–H groups in total. The van der Waals surface area contributed by atoms with Crippen molar-refractivity contribution in [3.63, 3.8) is 0 Å². The summed E-state index contributed by atoms with van der Waals surface area (Å²) in [5.74, 6) is 2.90. The van der Waals surface area contributed by atoms with Gasteiger partial charge in [0.1, 0.15) is 5.76 Å². The van der Waals surface area contributed by atoms with E-state index in [0.29, 0.717) is 11.5 Å². The van der Waals surface area contributed by atoms with E-state index in [2.05, 4.69) is 39.1 Å². The Labute approximate surface area is 131 Å². The smallest absolute Gasteiger partial charge is 0.109 e. The maximum absolute atomic E-state index is 5.98. The Bertz CT molecular complexity index is 334. The molecule has 0 radical (unpaired) electrons. The van der Waals surface area contributed by atoms with Crippen molar-refractivity contribution in [1.29, 1.82) is 0 Å². The van der Waals surface area contributed by atoms with Gasteiger partial charge in [-0.3, -0.25) is 0 Å². The van der Waals surface area contributed by atoms with Gasteiger partial charge in [0.15, 0.2) is 0 Å². The fraction of sp³-hybridized carbons (Fsp3) is 0.895. The van der Waals surface area contributed by atoms with E-state index >= 15 is 0 Å². The van der Waals surface area contributed by atoms with Crippen molar-refractivity contribution in [2.75, 3.05) is 13.2 Å². The van der Waals surface area contributed by atoms with Gasteiger partial charge in [0.25, 0.3) is 0 Å². The number of rotatable bonds is 5. The maximum atomic E-state index is 5.98. The number of hydrogen-bond acceptors (Lipinski definition) is 2. The van der Waals surface area contributed by atoms with E-state index < -0.39 is 0 Å². The van der Waals surface area contributed by atoms with Crippen molar-refractivity contribution in [3.8, 4) is 0 Å². The van der Waals surface area contributed by atoms with Crippen LogP contribution in [0.25, 0.3) is 0 Å². The lowest BCUT2D eigenvalue weighted by atomic mass is 9.68. The highest BCUT2D eigenvalue weighted by atomic mass is 16.5. The van der Waals surface area contributed by atoms with Crippen LogP contribution in [0.3, 0.4) is 0 Å². The molecule has 1 fully saturated rings. The number of nitrogens with one attached hydrogen (secondary N) is 1. The van der Waals surface area contributed by atoms with Crippen molar-refractivity contribution in [3.05, 3.63) is 11.8 Å². The summed E-state index contributed by atoms with van der Waals surface area (Å²) in [6.07, 6.45) is 11.4. The molecule has 2 aliphatic rings. The Balaban J connectivity index is 1.96. The predicted molar refractivity (Wildman–Crippen MR) is 90.3 cm³/mol. The van der Waals surface area contributed by atoms with E-state index in [-0.39, 0.29) is 0 Å². The Morgan fingerprint density at radius 1 is 1.24 bits per heavy atom. The van der Waals surface area contributed by atoms with Crippen LogP contribution >= 0.6 is 0 Å². The fourth-order valence-corrected chi connectivity index (χ4v) is 3.91. The third-order valence-corrected chi connectivity index (χ3v) is 5.35. The van der Waals surface area contributed by atoms with Gasteiger partial charge in [-0.15, -0.1) is 0 Å². The van der Waals surface area contributed by atoms with E-state index in [1.807, 2.05) is 0 Å². The van der Waals surface area contributed by atoms with Gasteiger partial charge in [0.2, 0.25) is 0 Å². The predicted octanol–water partition coefficient (Wildman–Crippen LogP) is 4.90. The largest absolute Gasteiger partial charge is 0.497 e. The lowest BCUT2D eigenvalue weighted by molar-refractivity contribution is 0.106. The third kappa shape index (κ3) is 4.74. The van der Waals surface area contributed by atoms with Gasteiger partial charge in [0, 0.05) is 0 Å². The molecule has 0 aromatic rings. The van der Waals surface area contributed by atoms with Crippen LogP contribution in [0.5, 0.6) is 0 Å². The molecule has 1 atom stereocenters. The molecule has 1 aliphatic heterocycles. The minimum atomic E-state index is 0.464. The van der Waals surface area contributed by atoms with E-state index in [0.717, 1.165) is 25.0 Å². The Morgan fingerprint density at radius 3 is 2.48 bits per heavy atom. The van der Waals surface area contributed by atoms with E-state index in [1.54, 1.807) is 0 Å². The standard InChI is InChI=1S/C19H35NO/c1-5-13-20-18(17-8-6-7-14-21-17)15-9-11-16(12-10-15)19(2,3)4/h8,15-16,18,20H,5-7,9-14H2,1-4H3. The second-order valence-corrected chi connectivity index (χ2v) is 8.01. The highest BCUT2D eigenvalue weighted by molar-refractivity contribution is 5.08. The zero-order valence-electron chi connectivity index (χ0n) is 14.6. The van der Waals surface area contributed by atoms with Crippen molar-refractivity contribution < 1.29 is 4.74 Å². The van der Waals surface area contributed by atoms with Crippen LogP contribution in [-0.4, -0.2) is 19.2 Å². The zero-order chi connectivity index (χ0) is 15.3. The summed E-state index contributed by atoms with van der Waals surface area (Å²) < 4.78 is 5.98. The van der Waals surface area contributed by atoms with Gasteiger partial charge >= 0.3 is 0 Å². The van der Waals surface area contributed by atoms with Gasteiger partial charge in [-0.2, -0.15) is 0 Å². The quantitative estimate of drug-likeness (QED) is 0.778. The Kier molecular flexibility index (Phi) is 6.16. The van der Waals surface area contributed by atoms with Crippen LogP contribution in [0.15, 0.2) is 11.8 Å². The second kappa shape index (κ2) is 7.67. The van der Waals surface area contributed by atoms with Crippen LogP contribution in [0.2, 0.25) is 0 Å². The SMILES string of the molecule is CCCNC(C1=CCCCO1)C1CCC(C(C)(C)C)CC1. The lowest BCUT2D eigenvalue weighted by Gasteiger charge is -2.40. The molecule has 0 aromatic carbocycles.